The van der Waals surface area contributed by atoms with Gasteiger partial charge in [-0.25, -0.2) is 0 Å². The van der Waals surface area contributed by atoms with Crippen molar-refractivity contribution >= 4 is 17.2 Å². The van der Waals surface area contributed by atoms with Crippen molar-refractivity contribution in [1.29, 1.82) is 0 Å². The van der Waals surface area contributed by atoms with Crippen LogP contribution in [0.1, 0.15) is 29.5 Å². The molecule has 1 unspecified atom stereocenters. The van der Waals surface area contributed by atoms with Gasteiger partial charge in [0, 0.05) is 42.8 Å². The van der Waals surface area contributed by atoms with Crippen molar-refractivity contribution in [3.05, 3.63) is 56.1 Å². The van der Waals surface area contributed by atoms with Crippen LogP contribution in [0.4, 0.5) is 0 Å². The summed E-state index contributed by atoms with van der Waals surface area (Å²) in [6.45, 7) is 9.61. The minimum Gasteiger partial charge on any atom is -0.337 e. The fraction of sp³-hybridized carbons (Fsp3) is 0.500. The summed E-state index contributed by atoms with van der Waals surface area (Å²) in [6.07, 6.45) is 0.958. The second-order valence-electron chi connectivity index (χ2n) is 7.11. The molecule has 0 bridgehead atoms. The number of carbonyl (C=O) groups is 1. The number of rotatable bonds is 4. The molecule has 2 heterocycles. The third-order valence-electron chi connectivity index (χ3n) is 5.17. The molecule has 26 heavy (non-hydrogen) atoms. The molecule has 0 N–H and O–H groups in total. The molecule has 1 fully saturated rings. The van der Waals surface area contributed by atoms with Crippen LogP contribution in [0.3, 0.4) is 0 Å². The average Bonchev–Trinajstić information content (AvgIpc) is 2.76. The largest absolute Gasteiger partial charge is 0.337 e. The molecule has 0 saturated carbocycles. The predicted octanol–water partition coefficient (Wildman–Crippen LogP) is 2.65. The van der Waals surface area contributed by atoms with Crippen LogP contribution in [-0.2, 0) is 17.9 Å². The van der Waals surface area contributed by atoms with Crippen LogP contribution in [0.5, 0.6) is 0 Å². The first-order chi connectivity index (χ1) is 12.5. The lowest BCUT2D eigenvalue weighted by atomic mass is 10.2. The minimum absolute atomic E-state index is 0.0403. The van der Waals surface area contributed by atoms with Gasteiger partial charge < -0.3 is 4.90 Å². The average molecular weight is 374 g/mol. The SMILES string of the molecule is Cc1sc(=O)n(CC(=O)N2CCCN(Cc3ccccc3)CC2C)c1C. The summed E-state index contributed by atoms with van der Waals surface area (Å²) < 4.78 is 1.61. The van der Waals surface area contributed by atoms with Crippen molar-refractivity contribution in [2.75, 3.05) is 19.6 Å². The molecule has 5 nitrogen and oxygen atoms in total. The van der Waals surface area contributed by atoms with Gasteiger partial charge in [0.05, 0.1) is 0 Å². The Morgan fingerprint density at radius 2 is 1.92 bits per heavy atom. The maximum atomic E-state index is 12.9. The summed E-state index contributed by atoms with van der Waals surface area (Å²) in [5.41, 5.74) is 2.21. The van der Waals surface area contributed by atoms with Crippen LogP contribution < -0.4 is 4.87 Å². The lowest BCUT2D eigenvalue weighted by Crippen LogP contribution is -2.44. The van der Waals surface area contributed by atoms with Crippen LogP contribution in [0.15, 0.2) is 35.1 Å². The van der Waals surface area contributed by atoms with Gasteiger partial charge in [0.2, 0.25) is 5.91 Å². The minimum atomic E-state index is -0.0403. The number of benzene rings is 1. The molecule has 0 radical (unpaired) electrons. The Hall–Kier alpha value is -1.92. The Morgan fingerprint density at radius 1 is 1.19 bits per heavy atom. The van der Waals surface area contributed by atoms with Gasteiger partial charge >= 0.3 is 4.87 Å². The highest BCUT2D eigenvalue weighted by atomic mass is 32.1. The predicted molar refractivity (Wildman–Crippen MR) is 106 cm³/mol. The summed E-state index contributed by atoms with van der Waals surface area (Å²) in [5.74, 6) is 0.0436. The Labute approximate surface area is 158 Å². The highest BCUT2D eigenvalue weighted by Gasteiger charge is 2.26. The molecule has 1 aliphatic heterocycles. The number of nitrogens with zero attached hydrogens (tertiary/aromatic N) is 3. The number of hydrogen-bond donors (Lipinski definition) is 0. The van der Waals surface area contributed by atoms with Crippen molar-refractivity contribution in [3.8, 4) is 0 Å². The molecule has 1 aromatic heterocycles. The normalized spacial score (nSPS) is 18.7. The van der Waals surface area contributed by atoms with Crippen LogP contribution in [-0.4, -0.2) is 46.0 Å². The number of carbonyl (C=O) groups excluding carboxylic acids is 1. The quantitative estimate of drug-likeness (QED) is 0.828. The zero-order valence-corrected chi connectivity index (χ0v) is 16.6. The molecule has 1 aliphatic rings. The zero-order valence-electron chi connectivity index (χ0n) is 15.8. The first-order valence-electron chi connectivity index (χ1n) is 9.18. The standard InChI is InChI=1S/C20H27N3O2S/c1-15-12-21(13-18-8-5-4-6-9-18)10-7-11-22(15)19(24)14-23-16(2)17(3)26-20(23)25/h4-6,8-9,15H,7,10-14H2,1-3H3. The molecule has 3 rings (SSSR count). The second-order valence-corrected chi connectivity index (χ2v) is 8.27. The summed E-state index contributed by atoms with van der Waals surface area (Å²) >= 11 is 1.22. The summed E-state index contributed by atoms with van der Waals surface area (Å²) in [5, 5.41) is 0. The molecule has 1 aromatic carbocycles. The van der Waals surface area contributed by atoms with Gasteiger partial charge in [-0.15, -0.1) is 0 Å². The zero-order chi connectivity index (χ0) is 18.7. The van der Waals surface area contributed by atoms with Crippen molar-refractivity contribution < 1.29 is 4.79 Å². The van der Waals surface area contributed by atoms with Crippen LogP contribution in [0, 0.1) is 13.8 Å². The Kier molecular flexibility index (Phi) is 5.94. The lowest BCUT2D eigenvalue weighted by molar-refractivity contribution is -0.133. The molecule has 1 saturated heterocycles. The van der Waals surface area contributed by atoms with Crippen LogP contribution in [0.25, 0.3) is 0 Å². The van der Waals surface area contributed by atoms with Gasteiger partial charge in [0.25, 0.3) is 0 Å². The van der Waals surface area contributed by atoms with E-state index in [0.29, 0.717) is 0 Å². The van der Waals surface area contributed by atoms with E-state index >= 15 is 0 Å². The van der Waals surface area contributed by atoms with E-state index in [2.05, 4.69) is 36.1 Å². The molecule has 1 amide bonds. The Morgan fingerprint density at radius 3 is 2.58 bits per heavy atom. The molecular formula is C20H27N3O2S. The van der Waals surface area contributed by atoms with Gasteiger partial charge in [-0.3, -0.25) is 19.1 Å². The highest BCUT2D eigenvalue weighted by molar-refractivity contribution is 7.09. The Balaban J connectivity index is 1.65. The number of amides is 1. The second kappa shape index (κ2) is 8.18. The highest BCUT2D eigenvalue weighted by Crippen LogP contribution is 2.15. The molecule has 2 aromatic rings. The molecule has 1 atom stereocenters. The van der Waals surface area contributed by atoms with E-state index in [9.17, 15) is 9.59 Å². The first kappa shape index (κ1) is 18.9. The molecule has 6 heteroatoms. The third kappa shape index (κ3) is 4.24. The monoisotopic (exact) mass is 373 g/mol. The summed E-state index contributed by atoms with van der Waals surface area (Å²) in [4.78, 5) is 30.3. The van der Waals surface area contributed by atoms with Crippen LogP contribution in [0.2, 0.25) is 0 Å². The van der Waals surface area contributed by atoms with E-state index in [1.165, 1.54) is 16.9 Å². The molecule has 0 aliphatic carbocycles. The van der Waals surface area contributed by atoms with Gasteiger partial charge in [-0.1, -0.05) is 41.7 Å². The van der Waals surface area contributed by atoms with Gasteiger partial charge in [-0.05, 0) is 32.8 Å². The maximum absolute atomic E-state index is 12.9. The van der Waals surface area contributed by atoms with E-state index in [4.69, 9.17) is 0 Å². The van der Waals surface area contributed by atoms with Crippen molar-refractivity contribution in [2.24, 2.45) is 0 Å². The molecule has 0 spiro atoms. The number of aromatic nitrogens is 1. The number of aryl methyl sites for hydroxylation is 1. The first-order valence-corrected chi connectivity index (χ1v) is 10.00. The molecule has 140 valence electrons. The van der Waals surface area contributed by atoms with E-state index in [1.807, 2.05) is 24.8 Å². The third-order valence-corrected chi connectivity index (χ3v) is 6.16. The van der Waals surface area contributed by atoms with E-state index in [1.54, 1.807) is 4.57 Å². The summed E-state index contributed by atoms with van der Waals surface area (Å²) in [6, 6.07) is 10.6. The van der Waals surface area contributed by atoms with Crippen molar-refractivity contribution in [2.45, 2.75) is 46.3 Å². The number of hydrogen-bond acceptors (Lipinski definition) is 4. The lowest BCUT2D eigenvalue weighted by Gasteiger charge is -2.29. The van der Waals surface area contributed by atoms with E-state index in [-0.39, 0.29) is 23.4 Å². The van der Waals surface area contributed by atoms with E-state index in [0.717, 1.165) is 43.2 Å². The van der Waals surface area contributed by atoms with Crippen molar-refractivity contribution in [3.63, 3.8) is 0 Å². The fourth-order valence-corrected chi connectivity index (χ4v) is 4.43. The van der Waals surface area contributed by atoms with E-state index < -0.39 is 0 Å². The summed E-state index contributed by atoms with van der Waals surface area (Å²) in [7, 11) is 0. The maximum Gasteiger partial charge on any atom is 0.308 e. The number of thiazole rings is 1. The van der Waals surface area contributed by atoms with Crippen molar-refractivity contribution in [1.82, 2.24) is 14.4 Å². The van der Waals surface area contributed by atoms with Gasteiger partial charge in [0.1, 0.15) is 6.54 Å². The van der Waals surface area contributed by atoms with Gasteiger partial charge in [0.15, 0.2) is 0 Å². The Bertz CT molecular complexity index is 812. The fourth-order valence-electron chi connectivity index (χ4n) is 3.60. The smallest absolute Gasteiger partial charge is 0.308 e. The van der Waals surface area contributed by atoms with Gasteiger partial charge in [-0.2, -0.15) is 0 Å². The molecular weight excluding hydrogens is 346 g/mol. The van der Waals surface area contributed by atoms with Crippen LogP contribution >= 0.6 is 11.3 Å². The topological polar surface area (TPSA) is 45.6 Å².